The van der Waals surface area contributed by atoms with Crippen LogP contribution < -0.4 is 9.86 Å². The molecule has 0 amide bonds. The number of aromatic nitrogens is 4. The number of hydrogen-bond acceptors (Lipinski definition) is 9. The Morgan fingerprint density at radius 1 is 1.20 bits per heavy atom. The summed E-state index contributed by atoms with van der Waals surface area (Å²) >= 11 is 3.09. The van der Waals surface area contributed by atoms with Gasteiger partial charge in [0.05, 0.1) is 34.8 Å². The molecule has 2 aliphatic rings. The fourth-order valence-corrected chi connectivity index (χ4v) is 7.04. The Bertz CT molecular complexity index is 1760. The first kappa shape index (κ1) is 33.9. The number of hydrogen-bond donors (Lipinski definition) is 4. The van der Waals surface area contributed by atoms with E-state index in [0.717, 1.165) is 6.42 Å². The van der Waals surface area contributed by atoms with Crippen LogP contribution in [-0.4, -0.2) is 57.0 Å². The van der Waals surface area contributed by atoms with Crippen molar-refractivity contribution < 1.29 is 27.8 Å². The first-order chi connectivity index (χ1) is 22.1. The summed E-state index contributed by atoms with van der Waals surface area (Å²) in [5, 5.41) is 35.5. The van der Waals surface area contributed by atoms with Crippen LogP contribution in [0.15, 0.2) is 69.2 Å². The molecule has 2 unspecified atom stereocenters. The molecule has 246 valence electrons. The Morgan fingerprint density at radius 2 is 1.98 bits per heavy atom. The highest BCUT2D eigenvalue weighted by Gasteiger charge is 2.32. The summed E-state index contributed by atoms with van der Waals surface area (Å²) in [7, 11) is -3.75. The summed E-state index contributed by atoms with van der Waals surface area (Å²) < 4.78 is 44.3. The Balaban J connectivity index is 0.000000183. The Labute approximate surface area is 275 Å². The number of nitrogens with zero attached hydrogens (tertiary/aromatic N) is 5. The third kappa shape index (κ3) is 8.45. The molecular formula is C31H37BrFN7O5S. The van der Waals surface area contributed by atoms with Crippen LogP contribution in [0.1, 0.15) is 73.5 Å². The second kappa shape index (κ2) is 15.4. The minimum Gasteiger partial charge on any atom is -0.411 e. The van der Waals surface area contributed by atoms with E-state index in [4.69, 9.17) is 5.14 Å². The lowest BCUT2D eigenvalue weighted by Crippen LogP contribution is -2.31. The van der Waals surface area contributed by atoms with Gasteiger partial charge in [-0.3, -0.25) is 0 Å². The molecule has 2 aromatic heterocycles. The normalized spacial score (nSPS) is 17.2. The van der Waals surface area contributed by atoms with E-state index in [9.17, 15) is 23.1 Å². The van der Waals surface area contributed by atoms with E-state index in [1.54, 1.807) is 12.1 Å². The quantitative estimate of drug-likeness (QED) is 0.0731. The van der Waals surface area contributed by atoms with Gasteiger partial charge in [0.1, 0.15) is 17.2 Å². The molecule has 4 aromatic rings. The molecular weight excluding hydrogens is 681 g/mol. The zero-order chi connectivity index (χ0) is 32.7. The van der Waals surface area contributed by atoms with E-state index in [1.807, 2.05) is 12.5 Å². The van der Waals surface area contributed by atoms with Crippen molar-refractivity contribution >= 4 is 31.9 Å². The van der Waals surface area contributed by atoms with Crippen molar-refractivity contribution in [2.24, 2.45) is 16.2 Å². The van der Waals surface area contributed by atoms with E-state index in [2.05, 4.69) is 74.6 Å². The van der Waals surface area contributed by atoms with E-state index in [-0.39, 0.29) is 41.0 Å². The monoisotopic (exact) mass is 717 g/mol. The van der Waals surface area contributed by atoms with Crippen molar-refractivity contribution in [2.45, 2.75) is 69.9 Å². The summed E-state index contributed by atoms with van der Waals surface area (Å²) in [5.74, 6) is 0.0795. The smallest absolute Gasteiger partial charge is 0.274 e. The van der Waals surface area contributed by atoms with Gasteiger partial charge in [-0.1, -0.05) is 59.9 Å². The maximum absolute atomic E-state index is 13.3. The lowest BCUT2D eigenvalue weighted by atomic mass is 9.82. The average Bonchev–Trinajstić information content (AvgIpc) is 3.78. The predicted molar refractivity (Wildman–Crippen MR) is 173 cm³/mol. The molecule has 0 radical (unpaired) electrons. The second-order valence-electron chi connectivity index (χ2n) is 11.6. The molecule has 6 rings (SSSR count). The zero-order valence-electron chi connectivity index (χ0n) is 25.1. The Hall–Kier alpha value is -3.50. The van der Waals surface area contributed by atoms with Crippen LogP contribution >= 0.6 is 15.9 Å². The number of nitrogens with one attached hydrogen (secondary N) is 1. The van der Waals surface area contributed by atoms with Gasteiger partial charge in [0.15, 0.2) is 5.69 Å². The number of nitrogens with two attached hydrogens (primary N) is 1. The molecule has 46 heavy (non-hydrogen) atoms. The van der Waals surface area contributed by atoms with Gasteiger partial charge in [0.25, 0.3) is 10.2 Å². The first-order valence-corrected chi connectivity index (χ1v) is 17.5. The standard InChI is InChI=1S/C18H22N2O.C13H15BrFN5O4S/c21-18(13-6-2-1-3-7-13)10-16-14-8-4-5-9-15(14)17-11-19-12-20(16)17;14-9-6-8(3-4-10(9)15)7-12(18-21)13-11(19-24-20-13)2-1-5-17-25(16,22)23/h4-5,8-9,11-13,16,18,21H,1-3,6-7,10H2;3-4,6,17,21H,1-2,5,7H2,(H2,16,22,23)/b;18-12+. The lowest BCUT2D eigenvalue weighted by molar-refractivity contribution is 0.0686. The molecule has 2 atom stereocenters. The summed E-state index contributed by atoms with van der Waals surface area (Å²) in [5.41, 5.74) is 5.33. The SMILES string of the molecule is NS(=O)(=O)NCCCc1nonc1/C(Cc1ccc(F)c(Br)c1)=N/O.OC(CC1c2ccccc2-c2cncn21)C1CCCCC1. The largest absolute Gasteiger partial charge is 0.411 e. The Kier molecular flexibility index (Phi) is 11.3. The van der Waals surface area contributed by atoms with Crippen molar-refractivity contribution in [3.63, 3.8) is 0 Å². The number of aliphatic hydroxyl groups is 1. The van der Waals surface area contributed by atoms with Crippen molar-refractivity contribution in [1.29, 1.82) is 0 Å². The van der Waals surface area contributed by atoms with E-state index < -0.39 is 16.0 Å². The van der Waals surface area contributed by atoms with Crippen molar-refractivity contribution in [3.05, 3.63) is 87.8 Å². The summed E-state index contributed by atoms with van der Waals surface area (Å²) in [6.45, 7) is 0.113. The lowest BCUT2D eigenvalue weighted by Gasteiger charge is -2.29. The number of rotatable bonds is 11. The minimum absolute atomic E-state index is 0.113. The number of benzene rings is 2. The predicted octanol–water partition coefficient (Wildman–Crippen LogP) is 4.90. The van der Waals surface area contributed by atoms with E-state index in [0.29, 0.717) is 30.0 Å². The second-order valence-corrected chi connectivity index (χ2v) is 13.8. The molecule has 0 spiro atoms. The summed E-state index contributed by atoms with van der Waals surface area (Å²) in [4.78, 5) is 4.29. The first-order valence-electron chi connectivity index (χ1n) is 15.2. The highest BCUT2D eigenvalue weighted by atomic mass is 79.9. The third-order valence-electron chi connectivity index (χ3n) is 8.46. The van der Waals surface area contributed by atoms with E-state index in [1.165, 1.54) is 55.0 Å². The highest BCUT2D eigenvalue weighted by molar-refractivity contribution is 9.10. The van der Waals surface area contributed by atoms with E-state index >= 15 is 0 Å². The molecule has 0 saturated heterocycles. The molecule has 15 heteroatoms. The van der Waals surface area contributed by atoms with Gasteiger partial charge in [-0.2, -0.15) is 8.42 Å². The number of aryl methyl sites for hydroxylation is 1. The molecule has 1 aliphatic heterocycles. The number of halogens is 2. The molecule has 5 N–H and O–H groups in total. The molecule has 1 aliphatic carbocycles. The van der Waals surface area contributed by atoms with Gasteiger partial charge in [-0.15, -0.1) is 0 Å². The Morgan fingerprint density at radius 3 is 2.72 bits per heavy atom. The van der Waals surface area contributed by atoms with Crippen LogP contribution in [0, 0.1) is 11.7 Å². The molecule has 2 aromatic carbocycles. The van der Waals surface area contributed by atoms with Gasteiger partial charge in [0.2, 0.25) is 0 Å². The molecule has 12 nitrogen and oxygen atoms in total. The van der Waals surface area contributed by atoms with Gasteiger partial charge in [-0.05, 0) is 82.4 Å². The highest BCUT2D eigenvalue weighted by Crippen LogP contribution is 2.42. The van der Waals surface area contributed by atoms with Crippen molar-refractivity contribution in [3.8, 4) is 11.3 Å². The van der Waals surface area contributed by atoms with Crippen LogP contribution in [0.2, 0.25) is 0 Å². The maximum Gasteiger partial charge on any atom is 0.274 e. The minimum atomic E-state index is -3.75. The average molecular weight is 719 g/mol. The van der Waals surface area contributed by atoms with Crippen LogP contribution in [0.25, 0.3) is 11.3 Å². The number of aliphatic hydroxyl groups excluding tert-OH is 1. The van der Waals surface area contributed by atoms with Crippen LogP contribution in [0.4, 0.5) is 4.39 Å². The van der Waals surface area contributed by atoms with Crippen LogP contribution in [0.5, 0.6) is 0 Å². The third-order valence-corrected chi connectivity index (χ3v) is 9.67. The van der Waals surface area contributed by atoms with Gasteiger partial charge >= 0.3 is 0 Å². The van der Waals surface area contributed by atoms with Gasteiger partial charge in [0, 0.05) is 18.5 Å². The summed E-state index contributed by atoms with van der Waals surface area (Å²) in [6, 6.07) is 13.2. The van der Waals surface area contributed by atoms with Gasteiger partial charge < -0.3 is 14.9 Å². The van der Waals surface area contributed by atoms with Crippen molar-refractivity contribution in [2.75, 3.05) is 6.54 Å². The summed E-state index contributed by atoms with van der Waals surface area (Å²) in [6.07, 6.45) is 11.6. The van der Waals surface area contributed by atoms with Gasteiger partial charge in [-0.25, -0.2) is 23.9 Å². The van der Waals surface area contributed by atoms with Crippen molar-refractivity contribution in [1.82, 2.24) is 24.6 Å². The fraction of sp³-hybridized carbons (Fsp3) is 0.419. The van der Waals surface area contributed by atoms with Crippen LogP contribution in [-0.2, 0) is 23.1 Å². The topological polar surface area (TPSA) is 182 Å². The molecule has 3 heterocycles. The maximum atomic E-state index is 13.3. The number of imidazole rings is 1. The number of fused-ring (bicyclic) bond motifs is 3. The van der Waals surface area contributed by atoms with Crippen LogP contribution in [0.3, 0.4) is 0 Å². The zero-order valence-corrected chi connectivity index (χ0v) is 27.5. The molecule has 0 bridgehead atoms. The molecule has 1 fully saturated rings. The molecule has 1 saturated carbocycles. The number of oxime groups is 1. The fourth-order valence-electron chi connectivity index (χ4n) is 6.18.